The summed E-state index contributed by atoms with van der Waals surface area (Å²) in [5, 5.41) is 2.83. The van der Waals surface area contributed by atoms with Gasteiger partial charge in [-0.2, -0.15) is 0 Å². The van der Waals surface area contributed by atoms with Crippen molar-refractivity contribution in [2.75, 3.05) is 11.9 Å². The zero-order chi connectivity index (χ0) is 20.6. The first-order chi connectivity index (χ1) is 13.8. The molecule has 1 heterocycles. The molecule has 154 valence electrons. The number of carbonyl (C=O) groups excluding carboxylic acids is 1. The Morgan fingerprint density at radius 3 is 2.52 bits per heavy atom. The molecule has 1 saturated carbocycles. The van der Waals surface area contributed by atoms with E-state index in [1.165, 1.54) is 12.1 Å². The summed E-state index contributed by atoms with van der Waals surface area (Å²) in [7, 11) is -3.64. The lowest BCUT2D eigenvalue weighted by atomic mass is 10.1. The topological polar surface area (TPSA) is 93.7 Å². The molecule has 1 aliphatic carbocycles. The number of anilines is 1. The molecule has 0 saturated heterocycles. The molecule has 0 unspecified atom stereocenters. The van der Waals surface area contributed by atoms with E-state index in [0.717, 1.165) is 25.7 Å². The summed E-state index contributed by atoms with van der Waals surface area (Å²) in [6.07, 6.45) is 3.86. The summed E-state index contributed by atoms with van der Waals surface area (Å²) in [6.45, 7) is 3.74. The molecule has 7 nitrogen and oxygen atoms in total. The maximum atomic E-state index is 12.8. The van der Waals surface area contributed by atoms with Crippen LogP contribution >= 0.6 is 0 Å². The first kappa shape index (κ1) is 19.7. The molecule has 1 aliphatic heterocycles. The molecule has 4 rings (SSSR count). The van der Waals surface area contributed by atoms with Crippen molar-refractivity contribution in [1.82, 2.24) is 4.72 Å². The molecule has 2 aliphatic rings. The number of nitrogens with one attached hydrogen (secondary N) is 2. The Kier molecular flexibility index (Phi) is 5.00. The van der Waals surface area contributed by atoms with Crippen molar-refractivity contribution in [2.45, 2.75) is 50.2 Å². The first-order valence-electron chi connectivity index (χ1n) is 9.76. The molecule has 0 atom stereocenters. The summed E-state index contributed by atoms with van der Waals surface area (Å²) < 4.78 is 39.0. The Hall–Kier alpha value is -2.58. The summed E-state index contributed by atoms with van der Waals surface area (Å²) >= 11 is 0. The predicted octanol–water partition coefficient (Wildman–Crippen LogP) is 3.59. The van der Waals surface area contributed by atoms with Gasteiger partial charge in [0.1, 0.15) is 0 Å². The third-order valence-electron chi connectivity index (χ3n) is 5.26. The Morgan fingerprint density at radius 1 is 1.07 bits per heavy atom. The van der Waals surface area contributed by atoms with Gasteiger partial charge in [0.25, 0.3) is 11.7 Å². The van der Waals surface area contributed by atoms with E-state index in [4.69, 9.17) is 9.47 Å². The zero-order valence-corrected chi connectivity index (χ0v) is 17.3. The third kappa shape index (κ3) is 3.82. The lowest BCUT2D eigenvalue weighted by Crippen LogP contribution is -2.34. The van der Waals surface area contributed by atoms with Gasteiger partial charge in [-0.1, -0.05) is 13.0 Å². The highest BCUT2D eigenvalue weighted by atomic mass is 32.2. The van der Waals surface area contributed by atoms with Crippen molar-refractivity contribution in [3.63, 3.8) is 0 Å². The van der Waals surface area contributed by atoms with Gasteiger partial charge in [0, 0.05) is 36.7 Å². The Labute approximate surface area is 170 Å². The number of benzene rings is 2. The van der Waals surface area contributed by atoms with Gasteiger partial charge in [-0.15, -0.1) is 0 Å². The van der Waals surface area contributed by atoms with E-state index in [-0.39, 0.29) is 17.3 Å². The number of carbonyl (C=O) groups is 1. The summed E-state index contributed by atoms with van der Waals surface area (Å²) in [6, 6.07) is 9.80. The van der Waals surface area contributed by atoms with Gasteiger partial charge in [0.05, 0.1) is 4.90 Å². The van der Waals surface area contributed by atoms with Crippen LogP contribution in [0.25, 0.3) is 0 Å². The highest BCUT2D eigenvalue weighted by Gasteiger charge is 2.44. The van der Waals surface area contributed by atoms with Crippen LogP contribution in [0.3, 0.4) is 0 Å². The molecule has 2 aromatic carbocycles. The van der Waals surface area contributed by atoms with Crippen LogP contribution in [0.5, 0.6) is 11.5 Å². The molecule has 0 aromatic heterocycles. The van der Waals surface area contributed by atoms with Crippen molar-refractivity contribution in [2.24, 2.45) is 0 Å². The largest absolute Gasteiger partial charge is 0.448 e. The fourth-order valence-electron chi connectivity index (χ4n) is 3.77. The minimum absolute atomic E-state index is 0.0592. The second-order valence-corrected chi connectivity index (χ2v) is 9.18. The van der Waals surface area contributed by atoms with E-state index < -0.39 is 15.8 Å². The predicted molar refractivity (Wildman–Crippen MR) is 109 cm³/mol. The van der Waals surface area contributed by atoms with Crippen LogP contribution in [0, 0.1) is 6.92 Å². The molecular formula is C21H24N2O5S. The average Bonchev–Trinajstić information content (AvgIpc) is 3.27. The third-order valence-corrected chi connectivity index (χ3v) is 6.80. The van der Waals surface area contributed by atoms with Gasteiger partial charge >= 0.3 is 0 Å². The van der Waals surface area contributed by atoms with Gasteiger partial charge in [-0.25, -0.2) is 13.1 Å². The fourth-order valence-corrected chi connectivity index (χ4v) is 4.84. The second-order valence-electron chi connectivity index (χ2n) is 7.42. The zero-order valence-electron chi connectivity index (χ0n) is 16.4. The van der Waals surface area contributed by atoms with Crippen LogP contribution in [0.4, 0.5) is 5.69 Å². The number of fused-ring (bicyclic) bond motifs is 1. The van der Waals surface area contributed by atoms with Crippen molar-refractivity contribution in [3.05, 3.63) is 47.5 Å². The molecule has 0 bridgehead atoms. The fraction of sp³-hybridized carbons (Fsp3) is 0.381. The smallest absolute Gasteiger partial charge is 0.255 e. The van der Waals surface area contributed by atoms with Crippen molar-refractivity contribution < 1.29 is 22.7 Å². The maximum Gasteiger partial charge on any atom is 0.255 e. The van der Waals surface area contributed by atoms with Gasteiger partial charge in [0.15, 0.2) is 11.5 Å². The van der Waals surface area contributed by atoms with E-state index in [1.54, 1.807) is 38.1 Å². The SMILES string of the molecule is CCNS(=O)(=O)c1ccc(C)c(C(=O)Nc2ccc3c(c2)OC2(CCCC2)O3)c1. The minimum Gasteiger partial charge on any atom is -0.448 e. The van der Waals surface area contributed by atoms with Crippen molar-refractivity contribution in [3.8, 4) is 11.5 Å². The number of sulfonamides is 1. The van der Waals surface area contributed by atoms with Crippen LogP contribution in [-0.4, -0.2) is 26.7 Å². The number of aryl methyl sites for hydroxylation is 1. The van der Waals surface area contributed by atoms with Crippen LogP contribution < -0.4 is 19.5 Å². The molecule has 2 N–H and O–H groups in total. The number of hydrogen-bond acceptors (Lipinski definition) is 5. The summed E-state index contributed by atoms with van der Waals surface area (Å²) in [4.78, 5) is 12.9. The molecule has 2 aromatic rings. The second kappa shape index (κ2) is 7.35. The summed E-state index contributed by atoms with van der Waals surface area (Å²) in [5.74, 6) is 0.353. The van der Waals surface area contributed by atoms with E-state index in [1.807, 2.05) is 0 Å². The van der Waals surface area contributed by atoms with Crippen LogP contribution in [0.1, 0.15) is 48.5 Å². The maximum absolute atomic E-state index is 12.8. The van der Waals surface area contributed by atoms with Gasteiger partial charge in [-0.3, -0.25) is 4.79 Å². The van der Waals surface area contributed by atoms with Crippen LogP contribution in [0.15, 0.2) is 41.3 Å². The normalized spacial score (nSPS) is 16.9. The molecule has 8 heteroatoms. The number of amides is 1. The van der Waals surface area contributed by atoms with E-state index in [2.05, 4.69) is 10.0 Å². The Balaban J connectivity index is 1.55. The van der Waals surface area contributed by atoms with E-state index >= 15 is 0 Å². The van der Waals surface area contributed by atoms with Gasteiger partial charge in [0.2, 0.25) is 10.0 Å². The van der Waals surface area contributed by atoms with Crippen molar-refractivity contribution in [1.29, 1.82) is 0 Å². The lowest BCUT2D eigenvalue weighted by Gasteiger charge is -2.21. The number of ether oxygens (including phenoxy) is 2. The highest BCUT2D eigenvalue weighted by Crippen LogP contribution is 2.47. The number of hydrogen-bond donors (Lipinski definition) is 2. The molecular weight excluding hydrogens is 392 g/mol. The molecule has 1 fully saturated rings. The molecule has 29 heavy (non-hydrogen) atoms. The molecule has 0 radical (unpaired) electrons. The molecule has 1 amide bonds. The van der Waals surface area contributed by atoms with E-state index in [0.29, 0.717) is 28.3 Å². The lowest BCUT2D eigenvalue weighted by molar-refractivity contribution is -0.0716. The van der Waals surface area contributed by atoms with Crippen molar-refractivity contribution >= 4 is 21.6 Å². The Morgan fingerprint density at radius 2 is 1.79 bits per heavy atom. The van der Waals surface area contributed by atoms with E-state index in [9.17, 15) is 13.2 Å². The minimum atomic E-state index is -3.64. The monoisotopic (exact) mass is 416 g/mol. The first-order valence-corrected chi connectivity index (χ1v) is 11.2. The number of rotatable bonds is 5. The highest BCUT2D eigenvalue weighted by molar-refractivity contribution is 7.89. The summed E-state index contributed by atoms with van der Waals surface area (Å²) in [5.41, 5.74) is 1.55. The average molecular weight is 416 g/mol. The van der Waals surface area contributed by atoms with Gasteiger partial charge < -0.3 is 14.8 Å². The molecule has 1 spiro atoms. The van der Waals surface area contributed by atoms with Gasteiger partial charge in [-0.05, 0) is 49.6 Å². The quantitative estimate of drug-likeness (QED) is 0.777. The van der Waals surface area contributed by atoms with Crippen LogP contribution in [-0.2, 0) is 10.0 Å². The van der Waals surface area contributed by atoms with Crippen LogP contribution in [0.2, 0.25) is 0 Å². The standard InChI is InChI=1S/C21H24N2O5S/c1-3-22-29(25,26)16-8-6-14(2)17(13-16)20(24)23-15-7-9-18-19(12-15)28-21(27-18)10-4-5-11-21/h6-9,12-13,22H,3-5,10-11H2,1-2H3,(H,23,24). The Bertz CT molecular complexity index is 1060.